The SMILES string of the molecule is Nc1cccnc1NC(=O)c1cccc(F)c1F. The standard InChI is InChI=1S/C12H9F2N3O/c13-8-4-1-3-7(10(8)14)12(18)17-11-9(15)5-2-6-16-11/h1-6H,15H2,(H,16,17,18). The number of benzene rings is 1. The van der Waals surface area contributed by atoms with Gasteiger partial charge in [0.15, 0.2) is 17.5 Å². The molecule has 6 heteroatoms. The molecule has 0 fully saturated rings. The maximum atomic E-state index is 13.4. The molecular weight excluding hydrogens is 240 g/mol. The van der Waals surface area contributed by atoms with Gasteiger partial charge in [-0.15, -0.1) is 0 Å². The number of hydrogen-bond acceptors (Lipinski definition) is 3. The van der Waals surface area contributed by atoms with Crippen LogP contribution in [0.4, 0.5) is 20.3 Å². The van der Waals surface area contributed by atoms with Crippen LogP contribution in [0, 0.1) is 11.6 Å². The predicted octanol–water partition coefficient (Wildman–Crippen LogP) is 2.19. The van der Waals surface area contributed by atoms with Crippen molar-refractivity contribution in [3.63, 3.8) is 0 Å². The van der Waals surface area contributed by atoms with E-state index >= 15 is 0 Å². The van der Waals surface area contributed by atoms with Crippen LogP contribution in [0.3, 0.4) is 0 Å². The van der Waals surface area contributed by atoms with Gasteiger partial charge in [-0.2, -0.15) is 0 Å². The van der Waals surface area contributed by atoms with Gasteiger partial charge in [0.2, 0.25) is 0 Å². The molecule has 4 nitrogen and oxygen atoms in total. The third-order valence-electron chi connectivity index (χ3n) is 2.27. The topological polar surface area (TPSA) is 68.0 Å². The van der Waals surface area contributed by atoms with E-state index in [4.69, 9.17) is 5.73 Å². The number of nitrogens with two attached hydrogens (primary N) is 1. The highest BCUT2D eigenvalue weighted by Crippen LogP contribution is 2.16. The molecule has 2 aromatic rings. The minimum Gasteiger partial charge on any atom is -0.396 e. The highest BCUT2D eigenvalue weighted by molar-refractivity contribution is 6.05. The van der Waals surface area contributed by atoms with Crippen molar-refractivity contribution < 1.29 is 13.6 Å². The average molecular weight is 249 g/mol. The molecule has 0 spiro atoms. The highest BCUT2D eigenvalue weighted by atomic mass is 19.2. The van der Waals surface area contributed by atoms with Gasteiger partial charge in [-0.25, -0.2) is 13.8 Å². The average Bonchev–Trinajstić information content (AvgIpc) is 2.35. The Labute approximate surface area is 101 Å². The van der Waals surface area contributed by atoms with Gasteiger partial charge in [0.25, 0.3) is 5.91 Å². The summed E-state index contributed by atoms with van der Waals surface area (Å²) in [5.74, 6) is -3.00. The van der Waals surface area contributed by atoms with E-state index < -0.39 is 23.1 Å². The smallest absolute Gasteiger partial charge is 0.259 e. The van der Waals surface area contributed by atoms with Crippen molar-refractivity contribution in [3.05, 3.63) is 53.7 Å². The lowest BCUT2D eigenvalue weighted by molar-refractivity contribution is 0.102. The molecule has 0 saturated heterocycles. The number of nitrogens with one attached hydrogen (secondary N) is 1. The fraction of sp³-hybridized carbons (Fsp3) is 0. The number of rotatable bonds is 2. The lowest BCUT2D eigenvalue weighted by Gasteiger charge is -2.07. The molecule has 0 unspecified atom stereocenters. The first kappa shape index (κ1) is 12.0. The number of nitrogens with zero attached hydrogens (tertiary/aromatic N) is 1. The van der Waals surface area contributed by atoms with Crippen LogP contribution in [0.2, 0.25) is 0 Å². The molecule has 92 valence electrons. The van der Waals surface area contributed by atoms with E-state index in [1.54, 1.807) is 6.07 Å². The molecule has 0 radical (unpaired) electrons. The Balaban J connectivity index is 2.28. The van der Waals surface area contributed by atoms with Gasteiger partial charge in [-0.1, -0.05) is 6.07 Å². The van der Waals surface area contributed by atoms with Crippen LogP contribution in [0.15, 0.2) is 36.5 Å². The summed E-state index contributed by atoms with van der Waals surface area (Å²) in [4.78, 5) is 15.5. The van der Waals surface area contributed by atoms with Crippen LogP contribution in [0.5, 0.6) is 0 Å². The molecule has 0 aliphatic carbocycles. The molecule has 0 bridgehead atoms. The van der Waals surface area contributed by atoms with Gasteiger partial charge in [0, 0.05) is 6.20 Å². The van der Waals surface area contributed by atoms with E-state index in [0.29, 0.717) is 0 Å². The summed E-state index contributed by atoms with van der Waals surface area (Å²) in [5.41, 5.74) is 5.41. The van der Waals surface area contributed by atoms with E-state index in [1.165, 1.54) is 24.4 Å². The first-order valence-corrected chi connectivity index (χ1v) is 5.05. The van der Waals surface area contributed by atoms with Crippen molar-refractivity contribution in [1.82, 2.24) is 4.98 Å². The monoisotopic (exact) mass is 249 g/mol. The molecular formula is C12H9F2N3O. The largest absolute Gasteiger partial charge is 0.396 e. The van der Waals surface area contributed by atoms with E-state index in [1.807, 2.05) is 0 Å². The fourth-order valence-electron chi connectivity index (χ4n) is 1.38. The minimum atomic E-state index is -1.20. The van der Waals surface area contributed by atoms with E-state index in [9.17, 15) is 13.6 Å². The van der Waals surface area contributed by atoms with Crippen molar-refractivity contribution in [2.24, 2.45) is 0 Å². The number of amides is 1. The zero-order chi connectivity index (χ0) is 13.1. The molecule has 0 atom stereocenters. The maximum Gasteiger partial charge on any atom is 0.259 e. The van der Waals surface area contributed by atoms with Gasteiger partial charge < -0.3 is 11.1 Å². The number of carbonyl (C=O) groups is 1. The van der Waals surface area contributed by atoms with Crippen LogP contribution >= 0.6 is 0 Å². The number of nitrogen functional groups attached to an aromatic ring is 1. The quantitative estimate of drug-likeness (QED) is 0.857. The molecule has 1 heterocycles. The number of carbonyl (C=O) groups excluding carboxylic acids is 1. The highest BCUT2D eigenvalue weighted by Gasteiger charge is 2.16. The van der Waals surface area contributed by atoms with Crippen LogP contribution in [0.1, 0.15) is 10.4 Å². The third-order valence-corrected chi connectivity index (χ3v) is 2.27. The van der Waals surface area contributed by atoms with E-state index in [2.05, 4.69) is 10.3 Å². The lowest BCUT2D eigenvalue weighted by Crippen LogP contribution is -2.16. The normalized spacial score (nSPS) is 10.1. The summed E-state index contributed by atoms with van der Waals surface area (Å²) in [7, 11) is 0. The molecule has 0 aliphatic heterocycles. The first-order chi connectivity index (χ1) is 8.59. The van der Waals surface area contributed by atoms with Crippen LogP contribution in [-0.4, -0.2) is 10.9 Å². The molecule has 0 aliphatic rings. The maximum absolute atomic E-state index is 13.4. The van der Waals surface area contributed by atoms with Gasteiger partial charge in [0.1, 0.15) is 0 Å². The number of anilines is 2. The molecule has 1 aromatic carbocycles. The second-order valence-corrected chi connectivity index (χ2v) is 3.50. The molecule has 18 heavy (non-hydrogen) atoms. The van der Waals surface area contributed by atoms with Crippen molar-refractivity contribution in [1.29, 1.82) is 0 Å². The van der Waals surface area contributed by atoms with Crippen LogP contribution in [-0.2, 0) is 0 Å². The fourth-order valence-corrected chi connectivity index (χ4v) is 1.38. The van der Waals surface area contributed by atoms with Crippen LogP contribution < -0.4 is 11.1 Å². The molecule has 1 amide bonds. The summed E-state index contributed by atoms with van der Waals surface area (Å²) in [6, 6.07) is 6.47. The second-order valence-electron chi connectivity index (χ2n) is 3.50. The van der Waals surface area contributed by atoms with Crippen molar-refractivity contribution in [2.45, 2.75) is 0 Å². The number of pyridine rings is 1. The molecule has 0 saturated carbocycles. The van der Waals surface area contributed by atoms with E-state index in [0.717, 1.165) is 6.07 Å². The zero-order valence-corrected chi connectivity index (χ0v) is 9.15. The Bertz CT molecular complexity index is 602. The number of hydrogen-bond donors (Lipinski definition) is 2. The van der Waals surface area contributed by atoms with Crippen molar-refractivity contribution in [2.75, 3.05) is 11.1 Å². The molecule has 3 N–H and O–H groups in total. The van der Waals surface area contributed by atoms with Gasteiger partial charge in [0.05, 0.1) is 11.3 Å². The Morgan fingerprint density at radius 1 is 1.22 bits per heavy atom. The molecule has 2 rings (SSSR count). The van der Waals surface area contributed by atoms with Crippen molar-refractivity contribution >= 4 is 17.4 Å². The first-order valence-electron chi connectivity index (χ1n) is 5.05. The predicted molar refractivity (Wildman–Crippen MR) is 63.0 cm³/mol. The van der Waals surface area contributed by atoms with Crippen molar-refractivity contribution in [3.8, 4) is 0 Å². The Morgan fingerprint density at radius 2 is 2.00 bits per heavy atom. The summed E-state index contributed by atoms with van der Waals surface area (Å²) < 4.78 is 26.3. The lowest BCUT2D eigenvalue weighted by atomic mass is 10.2. The third kappa shape index (κ3) is 2.27. The summed E-state index contributed by atoms with van der Waals surface area (Å²) in [5, 5.41) is 2.31. The Morgan fingerprint density at radius 3 is 2.72 bits per heavy atom. The Kier molecular flexibility index (Phi) is 3.18. The second kappa shape index (κ2) is 4.79. The molecule has 1 aromatic heterocycles. The Hall–Kier alpha value is -2.50. The van der Waals surface area contributed by atoms with Gasteiger partial charge in [-0.3, -0.25) is 4.79 Å². The number of halogens is 2. The summed E-state index contributed by atoms with van der Waals surface area (Å²) in [6.45, 7) is 0. The summed E-state index contributed by atoms with van der Waals surface area (Å²) >= 11 is 0. The number of aromatic nitrogens is 1. The summed E-state index contributed by atoms with van der Waals surface area (Å²) in [6.07, 6.45) is 1.42. The van der Waals surface area contributed by atoms with E-state index in [-0.39, 0.29) is 11.5 Å². The minimum absolute atomic E-state index is 0.103. The zero-order valence-electron chi connectivity index (χ0n) is 9.15. The van der Waals surface area contributed by atoms with Gasteiger partial charge in [-0.05, 0) is 24.3 Å². The van der Waals surface area contributed by atoms with Crippen LogP contribution in [0.25, 0.3) is 0 Å². The van der Waals surface area contributed by atoms with Gasteiger partial charge >= 0.3 is 0 Å².